The maximum atomic E-state index is 12.8. The zero-order valence-electron chi connectivity index (χ0n) is 15.8. The maximum absolute atomic E-state index is 12.8. The first kappa shape index (κ1) is 18.1. The first-order valence-corrected chi connectivity index (χ1v) is 9.25. The minimum atomic E-state index is -0.581. The van der Waals surface area contributed by atoms with Crippen LogP contribution in [0.3, 0.4) is 0 Å². The first-order valence-electron chi connectivity index (χ1n) is 9.25. The Morgan fingerprint density at radius 1 is 1.04 bits per heavy atom. The van der Waals surface area contributed by atoms with Crippen LogP contribution in [0.4, 0.5) is 5.95 Å². The number of carbonyl (C=O) groups excluding carboxylic acids is 1. The van der Waals surface area contributed by atoms with E-state index in [0.29, 0.717) is 48.5 Å². The molecule has 1 aromatic carbocycles. The van der Waals surface area contributed by atoms with Crippen LogP contribution in [0.5, 0.6) is 0 Å². The molecule has 0 bridgehead atoms. The summed E-state index contributed by atoms with van der Waals surface area (Å²) in [4.78, 5) is 47.7. The van der Waals surface area contributed by atoms with E-state index >= 15 is 0 Å². The Bertz CT molecular complexity index is 1160. The monoisotopic (exact) mass is 379 g/mol. The molecule has 0 atom stereocenters. The maximum Gasteiger partial charge on any atom is 0.317 e. The van der Waals surface area contributed by atoms with E-state index in [-0.39, 0.29) is 11.8 Å². The molecule has 3 aromatic rings. The summed E-state index contributed by atoms with van der Waals surface area (Å²) >= 11 is 0. The minimum absolute atomic E-state index is 0.0803. The highest BCUT2D eigenvalue weighted by atomic mass is 16.2. The number of anilines is 1. The topological polar surface area (TPSA) is 90.1 Å². The number of piperidine rings is 1. The third kappa shape index (κ3) is 3.00. The summed E-state index contributed by atoms with van der Waals surface area (Å²) in [5, 5.41) is 0. The van der Waals surface area contributed by atoms with Gasteiger partial charge in [0.1, 0.15) is 0 Å². The lowest BCUT2D eigenvalue weighted by molar-refractivity contribution is 0.101. The van der Waals surface area contributed by atoms with E-state index in [4.69, 9.17) is 0 Å². The van der Waals surface area contributed by atoms with E-state index in [2.05, 4.69) is 14.9 Å². The molecule has 4 rings (SSSR count). The van der Waals surface area contributed by atoms with Gasteiger partial charge in [0, 0.05) is 44.1 Å². The van der Waals surface area contributed by atoms with E-state index < -0.39 is 11.1 Å². The summed E-state index contributed by atoms with van der Waals surface area (Å²) in [6, 6.07) is 6.84. The normalized spacial score (nSPS) is 15.1. The number of fused-ring (bicyclic) bond motifs is 1. The van der Waals surface area contributed by atoms with Crippen molar-refractivity contribution < 1.29 is 4.79 Å². The van der Waals surface area contributed by atoms with Crippen molar-refractivity contribution in [1.82, 2.24) is 19.1 Å². The molecule has 0 amide bonds. The molecule has 1 aliphatic rings. The Labute approximate surface area is 161 Å². The number of Topliss-reactive ketones (excluding diaryl/α,β-unsaturated/α-hetero) is 1. The molecule has 0 radical (unpaired) electrons. The minimum Gasteiger partial charge on any atom is -0.341 e. The summed E-state index contributed by atoms with van der Waals surface area (Å²) in [5.74, 6) is 0.594. The van der Waals surface area contributed by atoms with E-state index in [1.54, 1.807) is 48.3 Å². The number of benzene rings is 1. The largest absolute Gasteiger partial charge is 0.341 e. The molecule has 0 saturated carbocycles. The van der Waals surface area contributed by atoms with Crippen molar-refractivity contribution in [2.24, 2.45) is 7.05 Å². The molecule has 144 valence electrons. The van der Waals surface area contributed by atoms with Crippen LogP contribution in [0.25, 0.3) is 11.0 Å². The van der Waals surface area contributed by atoms with Crippen molar-refractivity contribution in [3.05, 3.63) is 62.9 Å². The van der Waals surface area contributed by atoms with Crippen LogP contribution in [0.1, 0.15) is 36.2 Å². The van der Waals surface area contributed by atoms with Gasteiger partial charge >= 0.3 is 11.1 Å². The zero-order valence-corrected chi connectivity index (χ0v) is 15.8. The molecule has 8 heteroatoms. The Morgan fingerprint density at radius 3 is 2.36 bits per heavy atom. The third-order valence-corrected chi connectivity index (χ3v) is 5.37. The lowest BCUT2D eigenvalue weighted by Gasteiger charge is -2.33. The van der Waals surface area contributed by atoms with Crippen LogP contribution >= 0.6 is 0 Å². The predicted octanol–water partition coefficient (Wildman–Crippen LogP) is 1.53. The molecule has 1 saturated heterocycles. The second-order valence-electron chi connectivity index (χ2n) is 7.07. The van der Waals surface area contributed by atoms with E-state index in [1.807, 2.05) is 0 Å². The lowest BCUT2D eigenvalue weighted by atomic mass is 10.0. The molecule has 28 heavy (non-hydrogen) atoms. The second-order valence-corrected chi connectivity index (χ2v) is 7.07. The fraction of sp³-hybridized carbons (Fsp3) is 0.350. The van der Waals surface area contributed by atoms with Crippen LogP contribution < -0.4 is 16.0 Å². The van der Waals surface area contributed by atoms with Gasteiger partial charge in [-0.1, -0.05) is 0 Å². The van der Waals surface area contributed by atoms with Crippen LogP contribution in [-0.2, 0) is 7.05 Å². The summed E-state index contributed by atoms with van der Waals surface area (Å²) in [5.41, 5.74) is 0.670. The Balaban J connectivity index is 1.74. The molecule has 3 heterocycles. The number of aromatic nitrogens is 4. The highest BCUT2D eigenvalue weighted by molar-refractivity contribution is 5.97. The van der Waals surface area contributed by atoms with Gasteiger partial charge in [0.25, 0.3) is 0 Å². The number of carbonyl (C=O) groups is 1. The van der Waals surface area contributed by atoms with E-state index in [0.717, 1.165) is 0 Å². The van der Waals surface area contributed by atoms with Crippen molar-refractivity contribution in [3.63, 3.8) is 0 Å². The lowest BCUT2D eigenvalue weighted by Crippen LogP contribution is -2.45. The molecule has 1 aliphatic heterocycles. The molecule has 8 nitrogen and oxygen atoms in total. The summed E-state index contributed by atoms with van der Waals surface area (Å²) in [6.45, 7) is 2.88. The standard InChI is InChI=1S/C20H21N5O3/c1-13(26)14-4-5-16-17(12-14)23(2)18(27)19(28)25(16)15-6-10-24(11-7-15)20-21-8-3-9-22-20/h3-5,8-9,12,15H,6-7,10-11H2,1-2H3. The zero-order chi connectivity index (χ0) is 19.8. The van der Waals surface area contributed by atoms with Crippen molar-refractivity contribution in [1.29, 1.82) is 0 Å². The highest BCUT2D eigenvalue weighted by Crippen LogP contribution is 2.26. The average molecular weight is 379 g/mol. The summed E-state index contributed by atoms with van der Waals surface area (Å²) < 4.78 is 2.93. The van der Waals surface area contributed by atoms with Crippen LogP contribution in [0.2, 0.25) is 0 Å². The van der Waals surface area contributed by atoms with Gasteiger partial charge in [-0.2, -0.15) is 0 Å². The molecule has 1 fully saturated rings. The summed E-state index contributed by atoms with van der Waals surface area (Å²) in [6.07, 6.45) is 4.82. The number of hydrogen-bond donors (Lipinski definition) is 0. The van der Waals surface area contributed by atoms with Gasteiger partial charge in [-0.05, 0) is 44.0 Å². The van der Waals surface area contributed by atoms with Crippen molar-refractivity contribution >= 4 is 22.8 Å². The number of rotatable bonds is 3. The SMILES string of the molecule is CC(=O)c1ccc2c(c1)n(C)c(=O)c(=O)n2C1CCN(c2ncccn2)CC1. The Kier molecular flexibility index (Phi) is 4.54. The molecule has 2 aromatic heterocycles. The summed E-state index contributed by atoms with van der Waals surface area (Å²) in [7, 11) is 1.57. The smallest absolute Gasteiger partial charge is 0.317 e. The quantitative estimate of drug-likeness (QED) is 0.506. The van der Waals surface area contributed by atoms with Gasteiger partial charge < -0.3 is 9.47 Å². The first-order chi connectivity index (χ1) is 13.5. The number of nitrogens with zero attached hydrogens (tertiary/aromatic N) is 5. The number of hydrogen-bond acceptors (Lipinski definition) is 6. The van der Waals surface area contributed by atoms with Crippen molar-refractivity contribution in [3.8, 4) is 0 Å². The Morgan fingerprint density at radius 2 is 1.71 bits per heavy atom. The van der Waals surface area contributed by atoms with Crippen molar-refractivity contribution in [2.45, 2.75) is 25.8 Å². The molecular weight excluding hydrogens is 358 g/mol. The fourth-order valence-electron chi connectivity index (χ4n) is 3.82. The Hall–Kier alpha value is -3.29. The predicted molar refractivity (Wildman–Crippen MR) is 106 cm³/mol. The van der Waals surface area contributed by atoms with Crippen LogP contribution in [0, 0.1) is 0 Å². The molecule has 0 spiro atoms. The molecule has 0 aliphatic carbocycles. The van der Waals surface area contributed by atoms with Crippen LogP contribution in [-0.4, -0.2) is 38.0 Å². The van der Waals surface area contributed by atoms with E-state index in [1.165, 1.54) is 11.5 Å². The van der Waals surface area contributed by atoms with Gasteiger partial charge in [-0.3, -0.25) is 19.0 Å². The average Bonchev–Trinajstić information content (AvgIpc) is 2.73. The number of aryl methyl sites for hydroxylation is 1. The van der Waals surface area contributed by atoms with Crippen molar-refractivity contribution in [2.75, 3.05) is 18.0 Å². The molecular formula is C20H21N5O3. The number of ketones is 1. The van der Waals surface area contributed by atoms with Crippen LogP contribution in [0.15, 0.2) is 46.2 Å². The third-order valence-electron chi connectivity index (χ3n) is 5.37. The highest BCUT2D eigenvalue weighted by Gasteiger charge is 2.25. The molecule has 0 unspecified atom stereocenters. The van der Waals surface area contributed by atoms with Gasteiger partial charge in [0.15, 0.2) is 5.78 Å². The van der Waals surface area contributed by atoms with Gasteiger partial charge in [-0.15, -0.1) is 0 Å². The molecule has 0 N–H and O–H groups in total. The second kappa shape index (κ2) is 7.03. The fourth-order valence-corrected chi connectivity index (χ4v) is 3.82. The van der Waals surface area contributed by atoms with E-state index in [9.17, 15) is 14.4 Å². The van der Waals surface area contributed by atoms with Gasteiger partial charge in [0.2, 0.25) is 5.95 Å². The van der Waals surface area contributed by atoms with Gasteiger partial charge in [-0.25, -0.2) is 9.97 Å². The van der Waals surface area contributed by atoms with Gasteiger partial charge in [0.05, 0.1) is 11.0 Å².